The SMILES string of the molecule is Cc1nocc1C(=O)NCc1nc2c(F)c(C3COCCCN3)ccc2n1C1CCCCCCC1. The van der Waals surface area contributed by atoms with E-state index < -0.39 is 0 Å². The van der Waals surface area contributed by atoms with Crippen molar-refractivity contribution in [3.05, 3.63) is 46.9 Å². The number of benzene rings is 1. The summed E-state index contributed by atoms with van der Waals surface area (Å²) < 4.78 is 28.6. The number of ether oxygens (including phenoxy) is 1. The maximum absolute atomic E-state index is 15.9. The van der Waals surface area contributed by atoms with E-state index in [0.717, 1.165) is 44.2 Å². The van der Waals surface area contributed by atoms with E-state index in [0.29, 0.717) is 41.4 Å². The first-order valence-electron chi connectivity index (χ1n) is 12.8. The minimum Gasteiger partial charge on any atom is -0.379 e. The Labute approximate surface area is 204 Å². The molecule has 8 nitrogen and oxygen atoms in total. The van der Waals surface area contributed by atoms with E-state index in [2.05, 4.69) is 20.4 Å². The van der Waals surface area contributed by atoms with E-state index in [-0.39, 0.29) is 30.4 Å². The number of fused-ring (bicyclic) bond motifs is 1. The Hall–Kier alpha value is -2.78. The van der Waals surface area contributed by atoms with Crippen LogP contribution in [0.25, 0.3) is 11.0 Å². The van der Waals surface area contributed by atoms with E-state index in [1.54, 1.807) is 6.92 Å². The van der Waals surface area contributed by atoms with Gasteiger partial charge in [-0.1, -0.05) is 43.3 Å². The summed E-state index contributed by atoms with van der Waals surface area (Å²) in [5, 5.41) is 10.1. The molecule has 2 N–H and O–H groups in total. The number of imidazole rings is 1. The normalized spacial score (nSPS) is 20.3. The highest BCUT2D eigenvalue weighted by molar-refractivity contribution is 5.94. The van der Waals surface area contributed by atoms with Crippen LogP contribution in [0, 0.1) is 12.7 Å². The molecule has 0 radical (unpaired) electrons. The first-order chi connectivity index (χ1) is 17.1. The number of amides is 1. The van der Waals surface area contributed by atoms with Crippen LogP contribution < -0.4 is 10.6 Å². The highest BCUT2D eigenvalue weighted by Crippen LogP contribution is 2.34. The van der Waals surface area contributed by atoms with Crippen LogP contribution in [-0.2, 0) is 11.3 Å². The Morgan fingerprint density at radius 1 is 1.20 bits per heavy atom. The van der Waals surface area contributed by atoms with Gasteiger partial charge in [-0.25, -0.2) is 9.37 Å². The Balaban J connectivity index is 1.50. The van der Waals surface area contributed by atoms with Gasteiger partial charge in [0.15, 0.2) is 5.82 Å². The second kappa shape index (κ2) is 10.9. The lowest BCUT2D eigenvalue weighted by atomic mass is 9.96. The van der Waals surface area contributed by atoms with Gasteiger partial charge in [0.2, 0.25) is 0 Å². The van der Waals surface area contributed by atoms with Gasteiger partial charge in [-0.3, -0.25) is 4.79 Å². The molecule has 1 aliphatic heterocycles. The highest BCUT2D eigenvalue weighted by Gasteiger charge is 2.26. The third-order valence-corrected chi connectivity index (χ3v) is 7.26. The Bertz CT molecular complexity index is 1160. The molecule has 1 saturated carbocycles. The van der Waals surface area contributed by atoms with Gasteiger partial charge in [0.05, 0.1) is 30.4 Å². The molecule has 5 rings (SSSR count). The van der Waals surface area contributed by atoms with Crippen molar-refractivity contribution in [2.45, 2.75) is 76.9 Å². The second-order valence-corrected chi connectivity index (χ2v) is 9.66. The van der Waals surface area contributed by atoms with Crippen molar-refractivity contribution in [2.24, 2.45) is 0 Å². The van der Waals surface area contributed by atoms with Crippen LogP contribution >= 0.6 is 0 Å². The molecule has 2 fully saturated rings. The number of carbonyl (C=O) groups excluding carboxylic acids is 1. The van der Waals surface area contributed by atoms with Crippen molar-refractivity contribution in [2.75, 3.05) is 19.8 Å². The van der Waals surface area contributed by atoms with Crippen LogP contribution in [0.15, 0.2) is 22.9 Å². The average molecular weight is 484 g/mol. The predicted molar refractivity (Wildman–Crippen MR) is 130 cm³/mol. The molecule has 2 aliphatic rings. The number of nitrogens with zero attached hydrogens (tertiary/aromatic N) is 3. The molecule has 1 aliphatic carbocycles. The van der Waals surface area contributed by atoms with E-state index >= 15 is 4.39 Å². The molecule has 0 bridgehead atoms. The van der Waals surface area contributed by atoms with Crippen molar-refractivity contribution >= 4 is 16.9 Å². The summed E-state index contributed by atoms with van der Waals surface area (Å²) >= 11 is 0. The maximum atomic E-state index is 15.9. The first kappa shape index (κ1) is 23.9. The van der Waals surface area contributed by atoms with Gasteiger partial charge in [-0.05, 0) is 38.8 Å². The second-order valence-electron chi connectivity index (χ2n) is 9.66. The molecule has 9 heteroatoms. The fourth-order valence-corrected chi connectivity index (χ4v) is 5.36. The molecule has 1 unspecified atom stereocenters. The number of carbonyl (C=O) groups is 1. The molecule has 188 valence electrons. The highest BCUT2D eigenvalue weighted by atomic mass is 19.1. The smallest absolute Gasteiger partial charge is 0.256 e. The first-order valence-corrected chi connectivity index (χ1v) is 12.8. The third kappa shape index (κ3) is 5.11. The predicted octanol–water partition coefficient (Wildman–Crippen LogP) is 4.74. The van der Waals surface area contributed by atoms with Crippen molar-refractivity contribution < 1.29 is 18.4 Å². The van der Waals surface area contributed by atoms with Gasteiger partial charge in [0.25, 0.3) is 5.91 Å². The molecular formula is C26H34FN5O3. The number of halogens is 1. The Morgan fingerprint density at radius 3 is 2.77 bits per heavy atom. The molecule has 35 heavy (non-hydrogen) atoms. The molecule has 3 aromatic rings. The van der Waals surface area contributed by atoms with Crippen molar-refractivity contribution in [3.63, 3.8) is 0 Å². The quantitative estimate of drug-likeness (QED) is 0.545. The maximum Gasteiger partial charge on any atom is 0.256 e. The summed E-state index contributed by atoms with van der Waals surface area (Å²) in [7, 11) is 0. The lowest BCUT2D eigenvalue weighted by Gasteiger charge is -2.24. The summed E-state index contributed by atoms with van der Waals surface area (Å²) in [6, 6.07) is 3.89. The largest absolute Gasteiger partial charge is 0.379 e. The standard InChI is InChI=1S/C26H34FN5O3/c1-17-20(15-35-31-17)26(33)29-14-23-30-25-22(32(23)18-8-5-3-2-4-6-9-18)11-10-19(24(25)27)21-16-34-13-7-12-28-21/h10-11,15,18,21,28H,2-9,12-14,16H2,1H3,(H,29,33). The van der Waals surface area contributed by atoms with Crippen molar-refractivity contribution in [1.82, 2.24) is 25.3 Å². The summed E-state index contributed by atoms with van der Waals surface area (Å²) in [4.78, 5) is 17.5. The van der Waals surface area contributed by atoms with E-state index in [4.69, 9.17) is 14.2 Å². The molecule has 1 atom stereocenters. The molecule has 1 saturated heterocycles. The van der Waals surface area contributed by atoms with Gasteiger partial charge in [-0.2, -0.15) is 0 Å². The van der Waals surface area contributed by atoms with Gasteiger partial charge in [0, 0.05) is 18.2 Å². The lowest BCUT2D eigenvalue weighted by molar-refractivity contribution is 0.0948. The van der Waals surface area contributed by atoms with Gasteiger partial charge < -0.3 is 24.5 Å². The van der Waals surface area contributed by atoms with Crippen molar-refractivity contribution in [1.29, 1.82) is 0 Å². The van der Waals surface area contributed by atoms with Gasteiger partial charge >= 0.3 is 0 Å². The number of aryl methyl sites for hydroxylation is 1. The van der Waals surface area contributed by atoms with E-state index in [9.17, 15) is 4.79 Å². The van der Waals surface area contributed by atoms with Crippen LogP contribution in [0.2, 0.25) is 0 Å². The molecular weight excluding hydrogens is 449 g/mol. The van der Waals surface area contributed by atoms with Crippen LogP contribution in [0.1, 0.15) is 90.9 Å². The van der Waals surface area contributed by atoms with Crippen LogP contribution in [0.5, 0.6) is 0 Å². The van der Waals surface area contributed by atoms with Crippen molar-refractivity contribution in [3.8, 4) is 0 Å². The molecule has 1 amide bonds. The Kier molecular flexibility index (Phi) is 7.43. The summed E-state index contributed by atoms with van der Waals surface area (Å²) in [6.45, 7) is 3.84. The zero-order chi connectivity index (χ0) is 24.2. The monoisotopic (exact) mass is 483 g/mol. The number of aromatic nitrogens is 3. The van der Waals surface area contributed by atoms with E-state index in [1.807, 2.05) is 12.1 Å². The lowest BCUT2D eigenvalue weighted by Crippen LogP contribution is -2.26. The summed E-state index contributed by atoms with van der Waals surface area (Å²) in [6.07, 6.45) is 10.3. The van der Waals surface area contributed by atoms with Crippen LogP contribution in [-0.4, -0.2) is 40.4 Å². The minimum absolute atomic E-state index is 0.201. The topological polar surface area (TPSA) is 94.2 Å². The summed E-state index contributed by atoms with van der Waals surface area (Å²) in [5.74, 6) is 0.0905. The van der Waals surface area contributed by atoms with Gasteiger partial charge in [-0.15, -0.1) is 0 Å². The molecule has 1 aromatic carbocycles. The minimum atomic E-state index is -0.308. The zero-order valence-electron chi connectivity index (χ0n) is 20.3. The summed E-state index contributed by atoms with van der Waals surface area (Å²) in [5.41, 5.74) is 2.66. The van der Waals surface area contributed by atoms with Crippen LogP contribution in [0.3, 0.4) is 0 Å². The average Bonchev–Trinajstić information content (AvgIpc) is 3.32. The fourth-order valence-electron chi connectivity index (χ4n) is 5.36. The fraction of sp³-hybridized carbons (Fsp3) is 0.577. The number of hydrogen-bond donors (Lipinski definition) is 2. The molecule has 0 spiro atoms. The number of hydrogen-bond acceptors (Lipinski definition) is 6. The Morgan fingerprint density at radius 2 is 2.00 bits per heavy atom. The third-order valence-electron chi connectivity index (χ3n) is 7.26. The zero-order valence-corrected chi connectivity index (χ0v) is 20.3. The number of rotatable bonds is 5. The van der Waals surface area contributed by atoms with E-state index in [1.165, 1.54) is 25.5 Å². The molecule has 3 heterocycles. The van der Waals surface area contributed by atoms with Crippen LogP contribution in [0.4, 0.5) is 4.39 Å². The number of nitrogens with one attached hydrogen (secondary N) is 2. The molecule has 2 aromatic heterocycles. The van der Waals surface area contributed by atoms with Gasteiger partial charge in [0.1, 0.15) is 23.2 Å².